The first-order chi connectivity index (χ1) is 5.15. The highest BCUT2D eigenvalue weighted by Crippen LogP contribution is 2.25. The van der Waals surface area contributed by atoms with Crippen molar-refractivity contribution in [1.29, 1.82) is 0 Å². The summed E-state index contributed by atoms with van der Waals surface area (Å²) in [4.78, 5) is 0. The fourth-order valence-corrected chi connectivity index (χ4v) is 1.10. The average molecular weight is 223 g/mol. The van der Waals surface area contributed by atoms with E-state index >= 15 is 0 Å². The summed E-state index contributed by atoms with van der Waals surface area (Å²) in [6.45, 7) is -0.728. The molecule has 0 aliphatic carbocycles. The number of alkyl halides is 1. The zero-order chi connectivity index (χ0) is 8.43. The maximum Gasteiger partial charge on any atom is 0.165 e. The quantitative estimate of drug-likeness (QED) is 0.775. The van der Waals surface area contributed by atoms with Gasteiger partial charge in [-0.25, -0.2) is 8.78 Å². The van der Waals surface area contributed by atoms with Crippen LogP contribution in [-0.2, 0) is 6.67 Å². The van der Waals surface area contributed by atoms with Gasteiger partial charge in [0.05, 0.1) is 0 Å². The Balaban J connectivity index is 3.21. The predicted octanol–water partition coefficient (Wildman–Crippen LogP) is 2.76. The van der Waals surface area contributed by atoms with Crippen LogP contribution < -0.4 is 0 Å². The summed E-state index contributed by atoms with van der Waals surface area (Å²) in [5.74, 6) is -1.28. The Morgan fingerprint density at radius 3 is 2.64 bits per heavy atom. The normalized spacial score (nSPS) is 10.1. The number of phenolic OH excluding ortho intramolecular Hbond substituents is 1. The van der Waals surface area contributed by atoms with Crippen molar-refractivity contribution in [3.63, 3.8) is 0 Å². The molecule has 4 heteroatoms. The molecule has 1 N–H and O–H groups in total. The summed E-state index contributed by atoms with van der Waals surface area (Å²) in [5.41, 5.74) is 0.240. The Morgan fingerprint density at radius 2 is 2.09 bits per heavy atom. The molecule has 1 aromatic carbocycles. The molecule has 1 nitrogen and oxygen atoms in total. The molecule has 0 spiro atoms. The molecule has 0 aliphatic rings. The number of hydrogen-bond donors (Lipinski definition) is 1. The van der Waals surface area contributed by atoms with Crippen LogP contribution in [0.5, 0.6) is 5.75 Å². The minimum Gasteiger partial charge on any atom is -0.505 e. The molecule has 0 aromatic heterocycles. The van der Waals surface area contributed by atoms with Gasteiger partial charge in [0.2, 0.25) is 0 Å². The fraction of sp³-hybridized carbons (Fsp3) is 0.143. The molecule has 0 aliphatic heterocycles. The van der Waals surface area contributed by atoms with E-state index in [4.69, 9.17) is 5.11 Å². The molecule has 0 fully saturated rings. The molecular formula is C7H5BrF2O. The minimum absolute atomic E-state index is 0.240. The Morgan fingerprint density at radius 1 is 1.45 bits per heavy atom. The molecule has 60 valence electrons. The zero-order valence-electron chi connectivity index (χ0n) is 5.44. The molecule has 1 rings (SSSR count). The first kappa shape index (κ1) is 8.46. The third-order valence-electron chi connectivity index (χ3n) is 1.26. The first-order valence-electron chi connectivity index (χ1n) is 2.88. The van der Waals surface area contributed by atoms with Gasteiger partial charge in [0.1, 0.15) is 6.67 Å². The SMILES string of the molecule is Oc1cc(CF)c(Br)cc1F. The van der Waals surface area contributed by atoms with Crippen molar-refractivity contribution < 1.29 is 13.9 Å². The van der Waals surface area contributed by atoms with Gasteiger partial charge >= 0.3 is 0 Å². The van der Waals surface area contributed by atoms with E-state index in [0.717, 1.165) is 12.1 Å². The second-order valence-electron chi connectivity index (χ2n) is 2.03. The van der Waals surface area contributed by atoms with Crippen LogP contribution in [0.25, 0.3) is 0 Å². The molecule has 0 unspecified atom stereocenters. The number of rotatable bonds is 1. The average Bonchev–Trinajstić information content (AvgIpc) is 1.97. The maximum atomic E-state index is 12.5. The smallest absolute Gasteiger partial charge is 0.165 e. The van der Waals surface area contributed by atoms with Crippen molar-refractivity contribution in [2.75, 3.05) is 0 Å². The van der Waals surface area contributed by atoms with E-state index in [2.05, 4.69) is 15.9 Å². The van der Waals surface area contributed by atoms with Crippen molar-refractivity contribution in [3.8, 4) is 5.75 Å². The highest BCUT2D eigenvalue weighted by atomic mass is 79.9. The predicted molar refractivity (Wildman–Crippen MR) is 40.6 cm³/mol. The Hall–Kier alpha value is -0.640. The topological polar surface area (TPSA) is 20.2 Å². The molecule has 0 heterocycles. The standard InChI is InChI=1S/C7H5BrF2O/c8-5-2-6(10)7(11)1-4(5)3-9/h1-2,11H,3H2. The summed E-state index contributed by atoms with van der Waals surface area (Å²) in [7, 11) is 0. The number of benzene rings is 1. The lowest BCUT2D eigenvalue weighted by Crippen LogP contribution is -1.84. The Bertz CT molecular complexity index is 275. The van der Waals surface area contributed by atoms with E-state index in [0.29, 0.717) is 4.47 Å². The molecule has 0 radical (unpaired) electrons. The van der Waals surface area contributed by atoms with Gasteiger partial charge in [-0.15, -0.1) is 0 Å². The minimum atomic E-state index is -0.755. The van der Waals surface area contributed by atoms with E-state index < -0.39 is 18.2 Å². The van der Waals surface area contributed by atoms with Crippen LogP contribution in [0.15, 0.2) is 16.6 Å². The monoisotopic (exact) mass is 222 g/mol. The van der Waals surface area contributed by atoms with Gasteiger partial charge in [-0.1, -0.05) is 15.9 Å². The summed E-state index contributed by atoms with van der Waals surface area (Å²) in [5, 5.41) is 8.79. The van der Waals surface area contributed by atoms with Gasteiger partial charge in [0.25, 0.3) is 0 Å². The largest absolute Gasteiger partial charge is 0.505 e. The summed E-state index contributed by atoms with van der Waals surface area (Å²) in [6.07, 6.45) is 0. The highest BCUT2D eigenvalue weighted by molar-refractivity contribution is 9.10. The van der Waals surface area contributed by atoms with Gasteiger partial charge in [-0.2, -0.15) is 0 Å². The van der Waals surface area contributed by atoms with Crippen molar-refractivity contribution in [1.82, 2.24) is 0 Å². The molecular weight excluding hydrogens is 218 g/mol. The van der Waals surface area contributed by atoms with Gasteiger partial charge in [-0.05, 0) is 12.1 Å². The van der Waals surface area contributed by atoms with E-state index in [1.807, 2.05) is 0 Å². The second-order valence-corrected chi connectivity index (χ2v) is 2.88. The van der Waals surface area contributed by atoms with Crippen LogP contribution in [0.2, 0.25) is 0 Å². The summed E-state index contributed by atoms with van der Waals surface area (Å²) >= 11 is 2.95. The maximum absolute atomic E-state index is 12.5. The van der Waals surface area contributed by atoms with Crippen LogP contribution in [0.3, 0.4) is 0 Å². The van der Waals surface area contributed by atoms with Gasteiger partial charge < -0.3 is 5.11 Å². The lowest BCUT2D eigenvalue weighted by molar-refractivity contribution is 0.426. The van der Waals surface area contributed by atoms with Crippen LogP contribution in [0, 0.1) is 5.82 Å². The zero-order valence-corrected chi connectivity index (χ0v) is 7.03. The number of hydrogen-bond acceptors (Lipinski definition) is 1. The van der Waals surface area contributed by atoms with Crippen molar-refractivity contribution in [3.05, 3.63) is 28.0 Å². The summed E-state index contributed by atoms with van der Waals surface area (Å²) < 4.78 is 24.9. The van der Waals surface area contributed by atoms with E-state index in [-0.39, 0.29) is 5.56 Å². The number of phenols is 1. The molecule has 0 saturated carbocycles. The van der Waals surface area contributed by atoms with Crippen molar-refractivity contribution in [2.24, 2.45) is 0 Å². The Labute approximate surface area is 70.8 Å². The van der Waals surface area contributed by atoms with E-state index in [1.165, 1.54) is 0 Å². The first-order valence-corrected chi connectivity index (χ1v) is 3.67. The third-order valence-corrected chi connectivity index (χ3v) is 2.00. The number of aromatic hydroxyl groups is 1. The molecule has 1 aromatic rings. The van der Waals surface area contributed by atoms with Crippen LogP contribution in [-0.4, -0.2) is 5.11 Å². The van der Waals surface area contributed by atoms with Crippen molar-refractivity contribution >= 4 is 15.9 Å². The van der Waals surface area contributed by atoms with Crippen molar-refractivity contribution in [2.45, 2.75) is 6.67 Å². The van der Waals surface area contributed by atoms with Crippen LogP contribution >= 0.6 is 15.9 Å². The molecule has 0 atom stereocenters. The fourth-order valence-electron chi connectivity index (χ4n) is 0.683. The van der Waals surface area contributed by atoms with Gasteiger partial charge in [0.15, 0.2) is 11.6 Å². The Kier molecular flexibility index (Phi) is 2.44. The van der Waals surface area contributed by atoms with Gasteiger partial charge in [0, 0.05) is 10.0 Å². The molecule has 0 bridgehead atoms. The summed E-state index contributed by atoms with van der Waals surface area (Å²) in [6, 6.07) is 2.09. The van der Waals surface area contributed by atoms with E-state index in [1.54, 1.807) is 0 Å². The number of halogens is 3. The van der Waals surface area contributed by atoms with Crippen LogP contribution in [0.1, 0.15) is 5.56 Å². The highest BCUT2D eigenvalue weighted by Gasteiger charge is 2.05. The lowest BCUT2D eigenvalue weighted by Gasteiger charge is -2.00. The third kappa shape index (κ3) is 1.68. The van der Waals surface area contributed by atoms with Crippen LogP contribution in [0.4, 0.5) is 8.78 Å². The van der Waals surface area contributed by atoms with Gasteiger partial charge in [-0.3, -0.25) is 0 Å². The molecule has 11 heavy (non-hydrogen) atoms. The van der Waals surface area contributed by atoms with E-state index in [9.17, 15) is 8.78 Å². The lowest BCUT2D eigenvalue weighted by atomic mass is 10.2. The molecule has 0 amide bonds. The second kappa shape index (κ2) is 3.17. The molecule has 0 saturated heterocycles.